The number of nitrogens with one attached hydrogen (secondary N) is 1. The standard InChI is InChI=1S/C20H27N3O5/c1-4-28-20(25)18-15(11-27-10-9-21)23-12(2)16(19(24)26-3)17(18)13-7-5-6-8-14(13)22/h5-8,17,23H,4,9-11,21-22H2,1-3H3. The lowest BCUT2D eigenvalue weighted by Gasteiger charge is -2.31. The Bertz CT molecular complexity index is 801. The van der Waals surface area contributed by atoms with Gasteiger partial charge in [0.15, 0.2) is 0 Å². The molecule has 1 aliphatic rings. The topological polar surface area (TPSA) is 126 Å². The van der Waals surface area contributed by atoms with Crippen molar-refractivity contribution in [3.8, 4) is 0 Å². The second-order valence-corrected chi connectivity index (χ2v) is 6.17. The lowest BCUT2D eigenvalue weighted by Crippen LogP contribution is -2.35. The predicted molar refractivity (Wildman–Crippen MR) is 105 cm³/mol. The van der Waals surface area contributed by atoms with Crippen LogP contribution in [0.25, 0.3) is 0 Å². The van der Waals surface area contributed by atoms with Gasteiger partial charge in [-0.1, -0.05) is 18.2 Å². The Morgan fingerprint density at radius 1 is 1.18 bits per heavy atom. The number of ether oxygens (including phenoxy) is 3. The molecule has 5 N–H and O–H groups in total. The number of para-hydroxylation sites is 1. The summed E-state index contributed by atoms with van der Waals surface area (Å²) in [6.45, 7) is 4.43. The molecule has 8 heteroatoms. The number of rotatable bonds is 8. The second kappa shape index (κ2) is 9.91. The molecule has 0 spiro atoms. The van der Waals surface area contributed by atoms with E-state index in [1.165, 1.54) is 7.11 Å². The van der Waals surface area contributed by atoms with Crippen LogP contribution in [0.3, 0.4) is 0 Å². The molecule has 0 amide bonds. The number of nitrogens with two attached hydrogens (primary N) is 2. The normalized spacial score (nSPS) is 16.6. The molecule has 0 saturated carbocycles. The van der Waals surface area contributed by atoms with Crippen molar-refractivity contribution in [2.24, 2.45) is 5.73 Å². The van der Waals surface area contributed by atoms with Crippen molar-refractivity contribution in [2.75, 3.05) is 39.2 Å². The zero-order valence-electron chi connectivity index (χ0n) is 16.4. The highest BCUT2D eigenvalue weighted by Gasteiger charge is 2.39. The third-order valence-corrected chi connectivity index (χ3v) is 4.36. The third kappa shape index (κ3) is 4.52. The molecule has 0 saturated heterocycles. The quantitative estimate of drug-likeness (QED) is 0.344. The van der Waals surface area contributed by atoms with Gasteiger partial charge in [0.25, 0.3) is 0 Å². The van der Waals surface area contributed by atoms with Crippen molar-refractivity contribution < 1.29 is 23.8 Å². The first-order chi connectivity index (χ1) is 13.5. The van der Waals surface area contributed by atoms with Crippen LogP contribution in [0.5, 0.6) is 0 Å². The fraction of sp³-hybridized carbons (Fsp3) is 0.400. The fourth-order valence-electron chi connectivity index (χ4n) is 3.18. The Balaban J connectivity index is 2.67. The van der Waals surface area contributed by atoms with Crippen molar-refractivity contribution in [1.82, 2.24) is 5.32 Å². The van der Waals surface area contributed by atoms with Crippen LogP contribution in [0.1, 0.15) is 25.3 Å². The minimum absolute atomic E-state index is 0.111. The summed E-state index contributed by atoms with van der Waals surface area (Å²) in [6, 6.07) is 7.08. The first-order valence-electron chi connectivity index (χ1n) is 9.04. The van der Waals surface area contributed by atoms with E-state index in [4.69, 9.17) is 25.7 Å². The van der Waals surface area contributed by atoms with Crippen molar-refractivity contribution in [3.63, 3.8) is 0 Å². The number of allylic oxidation sites excluding steroid dienone is 1. The van der Waals surface area contributed by atoms with Gasteiger partial charge in [-0.2, -0.15) is 0 Å². The smallest absolute Gasteiger partial charge is 0.336 e. The van der Waals surface area contributed by atoms with E-state index < -0.39 is 17.9 Å². The number of anilines is 1. The number of esters is 2. The summed E-state index contributed by atoms with van der Waals surface area (Å²) in [7, 11) is 1.29. The molecule has 1 aliphatic heterocycles. The summed E-state index contributed by atoms with van der Waals surface area (Å²) in [5.41, 5.74) is 14.4. The average Bonchev–Trinajstić information content (AvgIpc) is 2.67. The number of hydrogen-bond donors (Lipinski definition) is 3. The van der Waals surface area contributed by atoms with E-state index in [0.717, 1.165) is 0 Å². The Kier molecular flexibility index (Phi) is 7.60. The molecule has 1 atom stereocenters. The Labute approximate surface area is 164 Å². The molecule has 0 aromatic heterocycles. The largest absolute Gasteiger partial charge is 0.466 e. The van der Waals surface area contributed by atoms with Crippen molar-refractivity contribution >= 4 is 17.6 Å². The summed E-state index contributed by atoms with van der Waals surface area (Å²) in [5, 5.41) is 3.10. The van der Waals surface area contributed by atoms with Crippen molar-refractivity contribution in [1.29, 1.82) is 0 Å². The van der Waals surface area contributed by atoms with Crippen LogP contribution in [0.4, 0.5) is 5.69 Å². The van der Waals surface area contributed by atoms with E-state index >= 15 is 0 Å². The molecule has 1 aromatic rings. The first kappa shape index (κ1) is 21.5. The van der Waals surface area contributed by atoms with Crippen LogP contribution in [0, 0.1) is 0 Å². The minimum Gasteiger partial charge on any atom is -0.466 e. The van der Waals surface area contributed by atoms with Crippen LogP contribution in [-0.4, -0.2) is 45.4 Å². The Morgan fingerprint density at radius 2 is 1.89 bits per heavy atom. The predicted octanol–water partition coefficient (Wildman–Crippen LogP) is 1.20. The molecule has 2 rings (SSSR count). The molecule has 1 aromatic carbocycles. The number of hydrogen-bond acceptors (Lipinski definition) is 8. The Morgan fingerprint density at radius 3 is 2.50 bits per heavy atom. The van der Waals surface area contributed by atoms with Gasteiger partial charge in [-0.25, -0.2) is 9.59 Å². The van der Waals surface area contributed by atoms with Crippen molar-refractivity contribution in [3.05, 3.63) is 52.4 Å². The maximum Gasteiger partial charge on any atom is 0.336 e. The van der Waals surface area contributed by atoms with Gasteiger partial charge in [-0.15, -0.1) is 0 Å². The number of carbonyl (C=O) groups is 2. The van der Waals surface area contributed by atoms with E-state index in [-0.39, 0.29) is 18.8 Å². The van der Waals surface area contributed by atoms with E-state index in [1.54, 1.807) is 38.1 Å². The van der Waals surface area contributed by atoms with E-state index in [9.17, 15) is 9.59 Å². The molecule has 8 nitrogen and oxygen atoms in total. The van der Waals surface area contributed by atoms with E-state index in [0.29, 0.717) is 41.4 Å². The molecule has 0 bridgehead atoms. The third-order valence-electron chi connectivity index (χ3n) is 4.36. The maximum atomic E-state index is 12.9. The van der Waals surface area contributed by atoms with Gasteiger partial charge >= 0.3 is 11.9 Å². The van der Waals surface area contributed by atoms with Crippen LogP contribution in [0.2, 0.25) is 0 Å². The minimum atomic E-state index is -0.745. The van der Waals surface area contributed by atoms with Crippen molar-refractivity contribution in [2.45, 2.75) is 19.8 Å². The van der Waals surface area contributed by atoms with E-state index in [1.807, 2.05) is 0 Å². The lowest BCUT2D eigenvalue weighted by molar-refractivity contribution is -0.139. The molecule has 152 valence electrons. The average molecular weight is 389 g/mol. The number of dihydropyridines is 1. The highest BCUT2D eigenvalue weighted by molar-refractivity contribution is 6.00. The van der Waals surface area contributed by atoms with E-state index in [2.05, 4.69) is 5.32 Å². The van der Waals surface area contributed by atoms with Crippen LogP contribution >= 0.6 is 0 Å². The summed E-state index contributed by atoms with van der Waals surface area (Å²) in [5.74, 6) is -1.85. The number of benzene rings is 1. The van der Waals surface area contributed by atoms with Gasteiger partial charge in [0.2, 0.25) is 0 Å². The number of methoxy groups -OCH3 is 1. The maximum absolute atomic E-state index is 12.9. The van der Waals surface area contributed by atoms with Gasteiger partial charge in [0.1, 0.15) is 0 Å². The van der Waals surface area contributed by atoms with Crippen LogP contribution in [-0.2, 0) is 23.8 Å². The zero-order chi connectivity index (χ0) is 20.7. The lowest BCUT2D eigenvalue weighted by atomic mass is 9.79. The molecule has 28 heavy (non-hydrogen) atoms. The molecular weight excluding hydrogens is 362 g/mol. The second-order valence-electron chi connectivity index (χ2n) is 6.17. The number of carbonyl (C=O) groups excluding carboxylic acids is 2. The van der Waals surface area contributed by atoms with Crippen LogP contribution in [0.15, 0.2) is 46.8 Å². The monoisotopic (exact) mass is 389 g/mol. The van der Waals surface area contributed by atoms with Gasteiger partial charge in [0, 0.05) is 17.9 Å². The highest BCUT2D eigenvalue weighted by atomic mass is 16.5. The Hall–Kier alpha value is -2.84. The molecule has 1 heterocycles. The summed E-state index contributed by atoms with van der Waals surface area (Å²) < 4.78 is 15.8. The molecule has 0 radical (unpaired) electrons. The summed E-state index contributed by atoms with van der Waals surface area (Å²) in [4.78, 5) is 25.5. The zero-order valence-corrected chi connectivity index (χ0v) is 16.4. The van der Waals surface area contributed by atoms with Gasteiger partial charge in [0.05, 0.1) is 49.7 Å². The SMILES string of the molecule is CCOC(=O)C1=C(COCCN)NC(C)=C(C(=O)OC)C1c1ccccc1N. The summed E-state index contributed by atoms with van der Waals surface area (Å²) >= 11 is 0. The molecule has 0 aliphatic carbocycles. The van der Waals surface area contributed by atoms with Gasteiger partial charge in [-0.05, 0) is 25.5 Å². The fourth-order valence-corrected chi connectivity index (χ4v) is 3.18. The van der Waals surface area contributed by atoms with Gasteiger partial charge in [-0.3, -0.25) is 0 Å². The summed E-state index contributed by atoms with van der Waals surface area (Å²) in [6.07, 6.45) is 0. The molecular formula is C20H27N3O5. The molecule has 1 unspecified atom stereocenters. The number of nitrogen functional groups attached to an aromatic ring is 1. The first-order valence-corrected chi connectivity index (χ1v) is 9.04. The highest BCUT2D eigenvalue weighted by Crippen LogP contribution is 2.41. The van der Waals surface area contributed by atoms with Crippen LogP contribution < -0.4 is 16.8 Å². The van der Waals surface area contributed by atoms with Gasteiger partial charge < -0.3 is 31.0 Å². The molecule has 0 fully saturated rings.